The first-order chi connectivity index (χ1) is 15.9. The molecule has 3 heterocycles. The van der Waals surface area contributed by atoms with E-state index in [1.165, 1.54) is 6.07 Å². The van der Waals surface area contributed by atoms with Crippen molar-refractivity contribution >= 4 is 23.2 Å². The average molecular weight is 472 g/mol. The largest absolute Gasteiger partial charge is 0.496 e. The maximum Gasteiger partial charge on any atom is 0.166 e. The van der Waals surface area contributed by atoms with Crippen LogP contribution < -0.4 is 25.4 Å². The highest BCUT2D eigenvalue weighted by atomic mass is 35.5. The first-order valence-electron chi connectivity index (χ1n) is 10.8. The second kappa shape index (κ2) is 9.80. The summed E-state index contributed by atoms with van der Waals surface area (Å²) in [6, 6.07) is 6.72. The van der Waals surface area contributed by atoms with Gasteiger partial charge < -0.3 is 25.4 Å². The number of nitrogens with two attached hydrogens (primary N) is 1. The predicted molar refractivity (Wildman–Crippen MR) is 129 cm³/mol. The molecule has 1 unspecified atom stereocenters. The Morgan fingerprint density at radius 1 is 1.15 bits per heavy atom. The highest BCUT2D eigenvalue weighted by Gasteiger charge is 2.20. The van der Waals surface area contributed by atoms with Crippen LogP contribution in [-0.4, -0.2) is 43.3 Å². The van der Waals surface area contributed by atoms with Crippen molar-refractivity contribution in [3.63, 3.8) is 0 Å². The van der Waals surface area contributed by atoms with E-state index >= 15 is 0 Å². The quantitative estimate of drug-likeness (QED) is 0.551. The zero-order chi connectivity index (χ0) is 23.5. The molecule has 1 fully saturated rings. The van der Waals surface area contributed by atoms with Crippen LogP contribution in [0.25, 0.3) is 11.1 Å². The van der Waals surface area contributed by atoms with Gasteiger partial charge in [0.1, 0.15) is 23.5 Å². The Morgan fingerprint density at radius 2 is 1.91 bits per heavy atom. The van der Waals surface area contributed by atoms with Crippen LogP contribution in [0.15, 0.2) is 36.7 Å². The number of nitrogens with one attached hydrogen (secondary N) is 1. The van der Waals surface area contributed by atoms with E-state index in [-0.39, 0.29) is 10.8 Å². The molecule has 2 aromatic heterocycles. The Morgan fingerprint density at radius 3 is 2.64 bits per heavy atom. The lowest BCUT2D eigenvalue weighted by atomic mass is 10.0. The summed E-state index contributed by atoms with van der Waals surface area (Å²) >= 11 is 6.21. The SMILES string of the molecule is COc1cc(N2CCNCC2)ncc1-c1cnc(N)c(OC(C)c2c(C)ccc(F)c2Cl)c1. The smallest absolute Gasteiger partial charge is 0.166 e. The standard InChI is InChI=1S/C24H27ClFN5O2/c1-14-4-5-18(26)23(25)22(14)15(2)33-20-10-16(12-30-24(20)27)17-13-29-21(11-19(17)32-3)31-8-6-28-7-9-31/h4-5,10-13,15,28H,6-9H2,1-3H3,(H2,27,30). The first kappa shape index (κ1) is 23.1. The Bertz CT molecular complexity index is 1150. The van der Waals surface area contributed by atoms with Crippen LogP contribution in [0.4, 0.5) is 16.0 Å². The molecule has 4 rings (SSSR count). The zero-order valence-corrected chi connectivity index (χ0v) is 19.6. The Kier molecular flexibility index (Phi) is 6.85. The second-order valence-electron chi connectivity index (χ2n) is 7.94. The minimum absolute atomic E-state index is 0.0413. The maximum atomic E-state index is 14.0. The third kappa shape index (κ3) is 4.82. The van der Waals surface area contributed by atoms with E-state index in [1.54, 1.807) is 38.6 Å². The molecule has 3 N–H and O–H groups in total. The van der Waals surface area contributed by atoms with Crippen molar-refractivity contribution in [2.75, 3.05) is 43.9 Å². The molecular formula is C24H27ClFN5O2. The van der Waals surface area contributed by atoms with Gasteiger partial charge in [0.25, 0.3) is 0 Å². The van der Waals surface area contributed by atoms with Gasteiger partial charge in [-0.15, -0.1) is 0 Å². The fourth-order valence-corrected chi connectivity index (χ4v) is 4.35. The number of nitrogen functional groups attached to an aromatic ring is 1. The fraction of sp³-hybridized carbons (Fsp3) is 0.333. The summed E-state index contributed by atoms with van der Waals surface area (Å²) in [5.41, 5.74) is 8.99. The van der Waals surface area contributed by atoms with Gasteiger partial charge in [0.2, 0.25) is 0 Å². The van der Waals surface area contributed by atoms with Crippen molar-refractivity contribution in [3.05, 3.63) is 58.6 Å². The van der Waals surface area contributed by atoms with Gasteiger partial charge in [0.05, 0.1) is 12.1 Å². The number of hydrogen-bond donors (Lipinski definition) is 2. The van der Waals surface area contributed by atoms with Crippen LogP contribution >= 0.6 is 11.6 Å². The molecule has 7 nitrogen and oxygen atoms in total. The first-order valence-corrected chi connectivity index (χ1v) is 11.1. The summed E-state index contributed by atoms with van der Waals surface area (Å²) < 4.78 is 25.8. The van der Waals surface area contributed by atoms with Crippen LogP contribution in [0, 0.1) is 12.7 Å². The van der Waals surface area contributed by atoms with Gasteiger partial charge in [0.15, 0.2) is 11.6 Å². The number of rotatable bonds is 6. The molecule has 0 aliphatic carbocycles. The number of methoxy groups -OCH3 is 1. The van der Waals surface area contributed by atoms with E-state index in [9.17, 15) is 4.39 Å². The molecule has 33 heavy (non-hydrogen) atoms. The minimum atomic E-state index is -0.539. The molecule has 3 aromatic rings. The lowest BCUT2D eigenvalue weighted by molar-refractivity contribution is 0.226. The van der Waals surface area contributed by atoms with E-state index in [0.717, 1.165) is 48.7 Å². The number of benzene rings is 1. The number of nitrogens with zero attached hydrogens (tertiary/aromatic N) is 3. The molecule has 1 aliphatic heterocycles. The summed E-state index contributed by atoms with van der Waals surface area (Å²) in [5.74, 6) is 1.64. The highest BCUT2D eigenvalue weighted by Crippen LogP contribution is 2.37. The monoisotopic (exact) mass is 471 g/mol. The summed E-state index contributed by atoms with van der Waals surface area (Å²) in [4.78, 5) is 11.1. The topological polar surface area (TPSA) is 85.5 Å². The Hall–Kier alpha value is -3.10. The van der Waals surface area contributed by atoms with Crippen LogP contribution in [0.1, 0.15) is 24.2 Å². The van der Waals surface area contributed by atoms with Crippen molar-refractivity contribution < 1.29 is 13.9 Å². The lowest BCUT2D eigenvalue weighted by Crippen LogP contribution is -2.43. The van der Waals surface area contributed by atoms with Crippen LogP contribution in [0.5, 0.6) is 11.5 Å². The molecule has 9 heteroatoms. The molecule has 1 saturated heterocycles. The van der Waals surface area contributed by atoms with E-state index in [0.29, 0.717) is 17.1 Å². The number of ether oxygens (including phenoxy) is 2. The molecule has 0 saturated carbocycles. The average Bonchev–Trinajstić information content (AvgIpc) is 2.83. The summed E-state index contributed by atoms with van der Waals surface area (Å²) in [7, 11) is 1.62. The minimum Gasteiger partial charge on any atom is -0.496 e. The number of pyridine rings is 2. The molecule has 0 radical (unpaired) electrons. The number of piperazine rings is 1. The molecule has 1 atom stereocenters. The lowest BCUT2D eigenvalue weighted by Gasteiger charge is -2.28. The van der Waals surface area contributed by atoms with E-state index < -0.39 is 11.9 Å². The van der Waals surface area contributed by atoms with Gasteiger partial charge in [-0.2, -0.15) is 0 Å². The Balaban J connectivity index is 1.64. The van der Waals surface area contributed by atoms with Crippen molar-refractivity contribution in [1.29, 1.82) is 0 Å². The number of aryl methyl sites for hydroxylation is 1. The summed E-state index contributed by atoms with van der Waals surface area (Å²) in [6.07, 6.45) is 2.88. The predicted octanol–water partition coefficient (Wildman–Crippen LogP) is 4.38. The number of halogens is 2. The highest BCUT2D eigenvalue weighted by molar-refractivity contribution is 6.31. The fourth-order valence-electron chi connectivity index (χ4n) is 3.99. The van der Waals surface area contributed by atoms with Gasteiger partial charge in [0, 0.05) is 61.3 Å². The third-order valence-corrected chi connectivity index (χ3v) is 6.15. The number of anilines is 2. The second-order valence-corrected chi connectivity index (χ2v) is 8.32. The van der Waals surface area contributed by atoms with Crippen molar-refractivity contribution in [1.82, 2.24) is 15.3 Å². The summed E-state index contributed by atoms with van der Waals surface area (Å²) in [6.45, 7) is 7.26. The van der Waals surface area contributed by atoms with Crippen molar-refractivity contribution in [2.45, 2.75) is 20.0 Å². The molecule has 0 spiro atoms. The van der Waals surface area contributed by atoms with E-state index in [2.05, 4.69) is 20.2 Å². The van der Waals surface area contributed by atoms with Crippen LogP contribution in [0.2, 0.25) is 5.02 Å². The van der Waals surface area contributed by atoms with Crippen LogP contribution in [-0.2, 0) is 0 Å². The molecule has 174 valence electrons. The van der Waals surface area contributed by atoms with E-state index in [4.69, 9.17) is 26.8 Å². The normalized spacial score (nSPS) is 14.8. The van der Waals surface area contributed by atoms with Crippen molar-refractivity contribution in [2.24, 2.45) is 0 Å². The van der Waals surface area contributed by atoms with Crippen molar-refractivity contribution in [3.8, 4) is 22.6 Å². The maximum absolute atomic E-state index is 14.0. The van der Waals surface area contributed by atoms with Gasteiger partial charge in [-0.05, 0) is 31.5 Å². The van der Waals surface area contributed by atoms with Gasteiger partial charge in [-0.1, -0.05) is 17.7 Å². The molecule has 1 aromatic carbocycles. The van der Waals surface area contributed by atoms with Gasteiger partial charge >= 0.3 is 0 Å². The van der Waals surface area contributed by atoms with Gasteiger partial charge in [-0.25, -0.2) is 14.4 Å². The third-order valence-electron chi connectivity index (χ3n) is 5.77. The Labute approximate surface area is 197 Å². The number of hydrogen-bond acceptors (Lipinski definition) is 7. The van der Waals surface area contributed by atoms with Gasteiger partial charge in [-0.3, -0.25) is 0 Å². The molecule has 0 bridgehead atoms. The summed E-state index contributed by atoms with van der Waals surface area (Å²) in [5, 5.41) is 3.38. The molecule has 1 aliphatic rings. The molecule has 0 amide bonds. The number of aromatic nitrogens is 2. The van der Waals surface area contributed by atoms with E-state index in [1.807, 2.05) is 13.0 Å². The molecular weight excluding hydrogens is 445 g/mol. The zero-order valence-electron chi connectivity index (χ0n) is 18.9. The van der Waals surface area contributed by atoms with Crippen LogP contribution in [0.3, 0.4) is 0 Å².